The maximum absolute atomic E-state index is 12.2. The molecule has 1 amide bonds. The Morgan fingerprint density at radius 1 is 1.45 bits per heavy atom. The second-order valence-electron chi connectivity index (χ2n) is 4.11. The molecule has 0 atom stereocenters. The average molecular weight is 324 g/mol. The molecule has 0 spiro atoms. The number of nitrogens with two attached hydrogens (primary N) is 1. The highest BCUT2D eigenvalue weighted by Gasteiger charge is 2.17. The molecule has 0 bridgehead atoms. The van der Waals surface area contributed by atoms with Gasteiger partial charge in [0.2, 0.25) is 0 Å². The number of carbonyl (C=O) groups is 1. The average Bonchev–Trinajstić information content (AvgIpc) is 3.05. The molecule has 0 radical (unpaired) electrons. The van der Waals surface area contributed by atoms with E-state index in [2.05, 4.69) is 10.3 Å². The van der Waals surface area contributed by atoms with Crippen molar-refractivity contribution in [3.8, 4) is 0 Å². The fourth-order valence-electron chi connectivity index (χ4n) is 1.88. The molecule has 0 unspecified atom stereocenters. The van der Waals surface area contributed by atoms with E-state index in [0.717, 1.165) is 15.0 Å². The standard InChI is InChI=1S/C13H10ClN3OS2/c14-8-2-1-3-9-10(8)11(15)12(20-9)13(18)17-5-7-4-16-6-19-7/h1-4,6H,5,15H2,(H,17,18). The normalized spacial score (nSPS) is 10.8. The zero-order valence-electron chi connectivity index (χ0n) is 10.2. The van der Waals surface area contributed by atoms with Crippen LogP contribution < -0.4 is 11.1 Å². The van der Waals surface area contributed by atoms with Gasteiger partial charge in [0.1, 0.15) is 4.88 Å². The molecule has 0 aliphatic heterocycles. The number of nitrogen functional groups attached to an aromatic ring is 1. The third kappa shape index (κ3) is 2.37. The Morgan fingerprint density at radius 3 is 3.00 bits per heavy atom. The number of hydrogen-bond acceptors (Lipinski definition) is 5. The maximum atomic E-state index is 12.2. The largest absolute Gasteiger partial charge is 0.397 e. The minimum absolute atomic E-state index is 0.187. The van der Waals surface area contributed by atoms with E-state index < -0.39 is 0 Å². The van der Waals surface area contributed by atoms with Crippen molar-refractivity contribution in [2.75, 3.05) is 5.73 Å². The molecule has 4 nitrogen and oxygen atoms in total. The lowest BCUT2D eigenvalue weighted by atomic mass is 10.2. The summed E-state index contributed by atoms with van der Waals surface area (Å²) in [6.45, 7) is 0.449. The lowest BCUT2D eigenvalue weighted by Crippen LogP contribution is -2.22. The van der Waals surface area contributed by atoms with Crippen LogP contribution in [0, 0.1) is 0 Å². The molecule has 3 rings (SSSR count). The van der Waals surface area contributed by atoms with Gasteiger partial charge in [-0.05, 0) is 12.1 Å². The van der Waals surface area contributed by atoms with Crippen LogP contribution in [0.2, 0.25) is 5.02 Å². The van der Waals surface area contributed by atoms with Crippen molar-refractivity contribution in [3.05, 3.63) is 44.7 Å². The number of benzene rings is 1. The summed E-state index contributed by atoms with van der Waals surface area (Å²) >= 11 is 8.97. The van der Waals surface area contributed by atoms with Crippen LogP contribution in [0.3, 0.4) is 0 Å². The Morgan fingerprint density at radius 2 is 2.30 bits per heavy atom. The fourth-order valence-corrected chi connectivity index (χ4v) is 3.81. The Hall–Kier alpha value is -1.63. The zero-order valence-corrected chi connectivity index (χ0v) is 12.6. The van der Waals surface area contributed by atoms with Gasteiger partial charge in [-0.3, -0.25) is 9.78 Å². The summed E-state index contributed by atoms with van der Waals surface area (Å²) in [4.78, 5) is 17.7. The van der Waals surface area contributed by atoms with E-state index in [1.807, 2.05) is 12.1 Å². The summed E-state index contributed by atoms with van der Waals surface area (Å²) in [5, 5.41) is 4.16. The molecule has 2 heterocycles. The second kappa shape index (κ2) is 5.40. The molecule has 0 saturated carbocycles. The van der Waals surface area contributed by atoms with Crippen molar-refractivity contribution < 1.29 is 4.79 Å². The number of nitrogens with one attached hydrogen (secondary N) is 1. The number of halogens is 1. The lowest BCUT2D eigenvalue weighted by Gasteiger charge is -2.02. The maximum Gasteiger partial charge on any atom is 0.263 e. The molecule has 3 N–H and O–H groups in total. The number of amides is 1. The van der Waals surface area contributed by atoms with Crippen molar-refractivity contribution in [2.24, 2.45) is 0 Å². The first-order valence-corrected chi connectivity index (χ1v) is 7.86. The van der Waals surface area contributed by atoms with E-state index in [-0.39, 0.29) is 5.91 Å². The highest BCUT2D eigenvalue weighted by atomic mass is 35.5. The molecule has 3 aromatic rings. The van der Waals surface area contributed by atoms with Crippen LogP contribution in [0.5, 0.6) is 0 Å². The summed E-state index contributed by atoms with van der Waals surface area (Å²) < 4.78 is 0.915. The van der Waals surface area contributed by atoms with Gasteiger partial charge < -0.3 is 11.1 Å². The minimum Gasteiger partial charge on any atom is -0.397 e. The molecule has 0 aliphatic rings. The Bertz CT molecular complexity index is 767. The van der Waals surface area contributed by atoms with E-state index in [9.17, 15) is 4.79 Å². The van der Waals surface area contributed by atoms with Crippen LogP contribution in [0.1, 0.15) is 14.5 Å². The number of fused-ring (bicyclic) bond motifs is 1. The second-order valence-corrected chi connectivity index (χ2v) is 6.54. The first kappa shape index (κ1) is 13.4. The summed E-state index contributed by atoms with van der Waals surface area (Å²) in [5.74, 6) is -0.187. The van der Waals surface area contributed by atoms with Crippen LogP contribution in [0.4, 0.5) is 5.69 Å². The fraction of sp³-hybridized carbons (Fsp3) is 0.0769. The van der Waals surface area contributed by atoms with Gasteiger partial charge in [-0.1, -0.05) is 17.7 Å². The van der Waals surface area contributed by atoms with E-state index >= 15 is 0 Å². The van der Waals surface area contributed by atoms with Gasteiger partial charge in [-0.25, -0.2) is 0 Å². The SMILES string of the molecule is Nc1c(C(=O)NCc2cncs2)sc2cccc(Cl)c12. The molecular weight excluding hydrogens is 314 g/mol. The van der Waals surface area contributed by atoms with E-state index in [4.69, 9.17) is 17.3 Å². The predicted molar refractivity (Wildman–Crippen MR) is 84.5 cm³/mol. The Labute approximate surface area is 128 Å². The van der Waals surface area contributed by atoms with Crippen LogP contribution >= 0.6 is 34.3 Å². The van der Waals surface area contributed by atoms with E-state index in [1.54, 1.807) is 17.8 Å². The van der Waals surface area contributed by atoms with Gasteiger partial charge in [-0.2, -0.15) is 0 Å². The Kier molecular flexibility index (Phi) is 3.60. The number of nitrogens with zero attached hydrogens (tertiary/aromatic N) is 1. The number of anilines is 1. The van der Waals surface area contributed by atoms with Gasteiger partial charge in [0, 0.05) is 21.2 Å². The van der Waals surface area contributed by atoms with Crippen LogP contribution in [-0.4, -0.2) is 10.9 Å². The highest BCUT2D eigenvalue weighted by molar-refractivity contribution is 7.21. The summed E-state index contributed by atoms with van der Waals surface area (Å²) in [7, 11) is 0. The third-order valence-electron chi connectivity index (χ3n) is 2.81. The first-order valence-electron chi connectivity index (χ1n) is 5.79. The molecular formula is C13H10ClN3OS2. The third-order valence-corrected chi connectivity index (χ3v) is 5.08. The number of aromatic nitrogens is 1. The Balaban J connectivity index is 1.88. The van der Waals surface area contributed by atoms with Crippen molar-refractivity contribution in [1.29, 1.82) is 0 Å². The van der Waals surface area contributed by atoms with Crippen molar-refractivity contribution >= 4 is 56.0 Å². The van der Waals surface area contributed by atoms with Crippen molar-refractivity contribution in [3.63, 3.8) is 0 Å². The lowest BCUT2D eigenvalue weighted by molar-refractivity contribution is 0.0956. The molecule has 2 aromatic heterocycles. The minimum atomic E-state index is -0.187. The molecule has 0 fully saturated rings. The van der Waals surface area contributed by atoms with Crippen molar-refractivity contribution in [1.82, 2.24) is 10.3 Å². The van der Waals surface area contributed by atoms with Crippen LogP contribution in [0.25, 0.3) is 10.1 Å². The molecule has 1 aromatic carbocycles. The first-order chi connectivity index (χ1) is 9.66. The zero-order chi connectivity index (χ0) is 14.1. The van der Waals surface area contributed by atoms with Gasteiger partial charge in [-0.15, -0.1) is 22.7 Å². The summed E-state index contributed by atoms with van der Waals surface area (Å²) in [5.41, 5.74) is 8.22. The molecule has 0 saturated heterocycles. The van der Waals surface area contributed by atoms with Gasteiger partial charge in [0.25, 0.3) is 5.91 Å². The molecule has 20 heavy (non-hydrogen) atoms. The number of carbonyl (C=O) groups excluding carboxylic acids is 1. The van der Waals surface area contributed by atoms with Gasteiger partial charge in [0.15, 0.2) is 0 Å². The highest BCUT2D eigenvalue weighted by Crippen LogP contribution is 2.37. The quantitative estimate of drug-likeness (QED) is 0.775. The topological polar surface area (TPSA) is 68.0 Å². The number of rotatable bonds is 3. The number of thiophene rings is 1. The van der Waals surface area contributed by atoms with Gasteiger partial charge >= 0.3 is 0 Å². The molecule has 0 aliphatic carbocycles. The summed E-state index contributed by atoms with van der Waals surface area (Å²) in [6.07, 6.45) is 1.73. The monoisotopic (exact) mass is 323 g/mol. The number of thiazole rings is 1. The van der Waals surface area contributed by atoms with Crippen molar-refractivity contribution in [2.45, 2.75) is 6.54 Å². The van der Waals surface area contributed by atoms with E-state index in [0.29, 0.717) is 22.1 Å². The van der Waals surface area contributed by atoms with Crippen LogP contribution in [-0.2, 0) is 6.54 Å². The predicted octanol–water partition coefficient (Wildman–Crippen LogP) is 3.52. The van der Waals surface area contributed by atoms with Gasteiger partial charge in [0.05, 0.1) is 22.8 Å². The van der Waals surface area contributed by atoms with E-state index in [1.165, 1.54) is 22.7 Å². The summed E-state index contributed by atoms with van der Waals surface area (Å²) in [6, 6.07) is 5.52. The number of hydrogen-bond donors (Lipinski definition) is 2. The molecule has 102 valence electrons. The van der Waals surface area contributed by atoms with Crippen LogP contribution in [0.15, 0.2) is 29.9 Å². The molecule has 7 heteroatoms. The smallest absolute Gasteiger partial charge is 0.263 e.